The van der Waals surface area contributed by atoms with Crippen LogP contribution in [0.25, 0.3) is 0 Å². The third-order valence-electron chi connectivity index (χ3n) is 2.55. The summed E-state index contributed by atoms with van der Waals surface area (Å²) < 4.78 is 1.78. The molecule has 0 bridgehead atoms. The third-order valence-corrected chi connectivity index (χ3v) is 2.55. The fourth-order valence-electron chi connectivity index (χ4n) is 1.66. The van der Waals surface area contributed by atoms with E-state index >= 15 is 0 Å². The van der Waals surface area contributed by atoms with E-state index in [1.54, 1.807) is 28.8 Å². The minimum absolute atomic E-state index is 0.0171. The van der Waals surface area contributed by atoms with E-state index < -0.39 is 0 Å². The van der Waals surface area contributed by atoms with Crippen LogP contribution in [0.1, 0.15) is 17.3 Å². The largest absolute Gasteiger partial charge is 0.345 e. The first-order chi connectivity index (χ1) is 8.65. The topological polar surface area (TPSA) is 51.1 Å². The molecule has 0 saturated carbocycles. The minimum atomic E-state index is -0.119. The van der Waals surface area contributed by atoms with Gasteiger partial charge >= 0.3 is 0 Å². The van der Waals surface area contributed by atoms with Gasteiger partial charge in [0.1, 0.15) is 6.54 Å². The molecule has 0 aliphatic heterocycles. The number of amides is 1. The van der Waals surface area contributed by atoms with E-state index in [9.17, 15) is 9.59 Å². The van der Waals surface area contributed by atoms with Gasteiger partial charge in [-0.05, 0) is 31.2 Å². The lowest BCUT2D eigenvalue weighted by atomic mass is 10.1. The molecule has 0 aliphatic rings. The molecule has 92 valence electrons. The average Bonchev–Trinajstić information content (AvgIpc) is 2.82. The van der Waals surface area contributed by atoms with Crippen LogP contribution in [0.15, 0.2) is 48.8 Å². The van der Waals surface area contributed by atoms with Crippen molar-refractivity contribution >= 4 is 17.4 Å². The van der Waals surface area contributed by atoms with E-state index in [0.29, 0.717) is 11.3 Å². The van der Waals surface area contributed by atoms with Crippen molar-refractivity contribution in [2.24, 2.45) is 0 Å². The number of carbonyl (C=O) groups excluding carboxylic acids is 2. The predicted molar refractivity (Wildman–Crippen MR) is 69.5 cm³/mol. The molecule has 0 atom stereocenters. The highest BCUT2D eigenvalue weighted by Gasteiger charge is 2.05. The van der Waals surface area contributed by atoms with Gasteiger partial charge in [-0.1, -0.05) is 12.1 Å². The second-order valence-corrected chi connectivity index (χ2v) is 4.04. The number of aromatic nitrogens is 1. The van der Waals surface area contributed by atoms with Crippen molar-refractivity contribution in [3.8, 4) is 0 Å². The molecule has 1 N–H and O–H groups in total. The Morgan fingerprint density at radius 1 is 1.17 bits per heavy atom. The maximum absolute atomic E-state index is 11.7. The van der Waals surface area contributed by atoms with E-state index in [1.165, 1.54) is 6.92 Å². The van der Waals surface area contributed by atoms with Crippen molar-refractivity contribution in [3.05, 3.63) is 54.4 Å². The van der Waals surface area contributed by atoms with E-state index in [4.69, 9.17) is 0 Å². The number of rotatable bonds is 4. The number of anilines is 1. The number of carbonyl (C=O) groups is 2. The Morgan fingerprint density at radius 2 is 1.89 bits per heavy atom. The molecule has 0 unspecified atom stereocenters. The molecule has 0 radical (unpaired) electrons. The van der Waals surface area contributed by atoms with E-state index in [0.717, 1.165) is 0 Å². The second kappa shape index (κ2) is 5.31. The van der Waals surface area contributed by atoms with Gasteiger partial charge in [-0.25, -0.2) is 0 Å². The maximum Gasteiger partial charge on any atom is 0.244 e. The SMILES string of the molecule is CC(=O)c1cccc(NC(=O)Cn2cccc2)c1. The smallest absolute Gasteiger partial charge is 0.244 e. The van der Waals surface area contributed by atoms with Crippen molar-refractivity contribution in [2.75, 3.05) is 5.32 Å². The first-order valence-electron chi connectivity index (χ1n) is 5.67. The summed E-state index contributed by atoms with van der Waals surface area (Å²) in [5, 5.41) is 2.76. The van der Waals surface area contributed by atoms with Crippen molar-refractivity contribution in [3.63, 3.8) is 0 Å². The Balaban J connectivity index is 2.03. The summed E-state index contributed by atoms with van der Waals surface area (Å²) in [5.41, 5.74) is 1.23. The van der Waals surface area contributed by atoms with Crippen LogP contribution in [-0.2, 0) is 11.3 Å². The first kappa shape index (κ1) is 12.1. The Hall–Kier alpha value is -2.36. The molecular formula is C14H14N2O2. The number of Topliss-reactive ketones (excluding diaryl/α,β-unsaturated/α-hetero) is 1. The zero-order valence-electron chi connectivity index (χ0n) is 10.1. The van der Waals surface area contributed by atoms with E-state index in [-0.39, 0.29) is 18.2 Å². The Bertz CT molecular complexity index is 559. The molecule has 4 nitrogen and oxygen atoms in total. The number of hydrogen-bond acceptors (Lipinski definition) is 2. The van der Waals surface area contributed by atoms with Gasteiger partial charge in [-0.15, -0.1) is 0 Å². The van der Waals surface area contributed by atoms with E-state index in [1.807, 2.05) is 24.5 Å². The highest BCUT2D eigenvalue weighted by molar-refractivity contribution is 5.97. The number of nitrogens with one attached hydrogen (secondary N) is 1. The van der Waals surface area contributed by atoms with Crippen LogP contribution in [0.4, 0.5) is 5.69 Å². The van der Waals surface area contributed by atoms with Crippen LogP contribution in [-0.4, -0.2) is 16.3 Å². The van der Waals surface area contributed by atoms with Crippen molar-refractivity contribution in [2.45, 2.75) is 13.5 Å². The van der Waals surface area contributed by atoms with Crippen LogP contribution in [0.5, 0.6) is 0 Å². The summed E-state index contributed by atoms with van der Waals surface area (Å²) in [7, 11) is 0. The van der Waals surface area contributed by atoms with Crippen LogP contribution in [0.3, 0.4) is 0 Å². The average molecular weight is 242 g/mol. The molecular weight excluding hydrogens is 228 g/mol. The molecule has 0 spiro atoms. The predicted octanol–water partition coefficient (Wildman–Crippen LogP) is 2.33. The van der Waals surface area contributed by atoms with Crippen LogP contribution < -0.4 is 5.32 Å². The standard InChI is InChI=1S/C14H14N2O2/c1-11(17)12-5-4-6-13(9-12)15-14(18)10-16-7-2-3-8-16/h2-9H,10H2,1H3,(H,15,18). The molecule has 18 heavy (non-hydrogen) atoms. The molecule has 1 amide bonds. The van der Waals surface area contributed by atoms with Gasteiger partial charge in [0, 0.05) is 23.6 Å². The van der Waals surface area contributed by atoms with Gasteiger partial charge in [-0.3, -0.25) is 9.59 Å². The summed E-state index contributed by atoms with van der Waals surface area (Å²) in [6.07, 6.45) is 3.65. The molecule has 1 aromatic heterocycles. The van der Waals surface area contributed by atoms with Crippen molar-refractivity contribution in [1.82, 2.24) is 4.57 Å². The highest BCUT2D eigenvalue weighted by atomic mass is 16.2. The Labute approximate surface area is 105 Å². The fraction of sp³-hybridized carbons (Fsp3) is 0.143. The Kier molecular flexibility index (Phi) is 3.57. The minimum Gasteiger partial charge on any atom is -0.345 e. The van der Waals surface area contributed by atoms with Crippen LogP contribution in [0.2, 0.25) is 0 Å². The highest BCUT2D eigenvalue weighted by Crippen LogP contribution is 2.11. The molecule has 1 aromatic carbocycles. The monoisotopic (exact) mass is 242 g/mol. The van der Waals surface area contributed by atoms with Gasteiger partial charge in [-0.2, -0.15) is 0 Å². The molecule has 0 aliphatic carbocycles. The summed E-state index contributed by atoms with van der Waals surface area (Å²) in [5.74, 6) is -0.136. The maximum atomic E-state index is 11.7. The first-order valence-corrected chi connectivity index (χ1v) is 5.67. The molecule has 2 aromatic rings. The summed E-state index contributed by atoms with van der Waals surface area (Å²) in [4.78, 5) is 23.0. The van der Waals surface area contributed by atoms with Gasteiger partial charge < -0.3 is 9.88 Å². The quantitative estimate of drug-likeness (QED) is 0.836. The Morgan fingerprint density at radius 3 is 2.56 bits per heavy atom. The van der Waals surface area contributed by atoms with Crippen LogP contribution >= 0.6 is 0 Å². The number of nitrogens with zero attached hydrogens (tertiary/aromatic N) is 1. The third kappa shape index (κ3) is 3.07. The molecule has 1 heterocycles. The van der Waals surface area contributed by atoms with Gasteiger partial charge in [0.15, 0.2) is 5.78 Å². The zero-order valence-corrected chi connectivity index (χ0v) is 10.1. The lowest BCUT2D eigenvalue weighted by Crippen LogP contribution is -2.17. The zero-order chi connectivity index (χ0) is 13.0. The number of ketones is 1. The number of benzene rings is 1. The summed E-state index contributed by atoms with van der Waals surface area (Å²) >= 11 is 0. The lowest BCUT2D eigenvalue weighted by Gasteiger charge is -2.07. The molecule has 4 heteroatoms. The normalized spacial score (nSPS) is 10.1. The van der Waals surface area contributed by atoms with Gasteiger partial charge in [0.25, 0.3) is 0 Å². The fourth-order valence-corrected chi connectivity index (χ4v) is 1.66. The summed E-state index contributed by atoms with van der Waals surface area (Å²) in [6.45, 7) is 1.76. The molecule has 2 rings (SSSR count). The summed E-state index contributed by atoms with van der Waals surface area (Å²) in [6, 6.07) is 10.6. The van der Waals surface area contributed by atoms with Crippen molar-refractivity contribution in [1.29, 1.82) is 0 Å². The van der Waals surface area contributed by atoms with Crippen LogP contribution in [0, 0.1) is 0 Å². The molecule has 0 fully saturated rings. The van der Waals surface area contributed by atoms with E-state index in [2.05, 4.69) is 5.32 Å². The van der Waals surface area contributed by atoms with Gasteiger partial charge in [0.05, 0.1) is 0 Å². The van der Waals surface area contributed by atoms with Crippen molar-refractivity contribution < 1.29 is 9.59 Å². The molecule has 0 saturated heterocycles. The van der Waals surface area contributed by atoms with Gasteiger partial charge in [0.2, 0.25) is 5.91 Å². The number of hydrogen-bond donors (Lipinski definition) is 1. The second-order valence-electron chi connectivity index (χ2n) is 4.04. The lowest BCUT2D eigenvalue weighted by molar-refractivity contribution is -0.116.